The quantitative estimate of drug-likeness (QED) is 0.627. The zero-order valence-electron chi connectivity index (χ0n) is 14.9. The summed E-state index contributed by atoms with van der Waals surface area (Å²) < 4.78 is 27.5. The first-order valence-corrected chi connectivity index (χ1v) is 9.76. The molecule has 0 bridgehead atoms. The highest BCUT2D eigenvalue weighted by Gasteiger charge is 2.16. The molecule has 138 valence electrons. The first-order valence-electron chi connectivity index (χ1n) is 8.28. The van der Waals surface area contributed by atoms with Crippen molar-refractivity contribution in [2.45, 2.75) is 18.7 Å². The minimum atomic E-state index is -3.70. The van der Waals surface area contributed by atoms with E-state index >= 15 is 0 Å². The highest BCUT2D eigenvalue weighted by atomic mass is 32.2. The van der Waals surface area contributed by atoms with Gasteiger partial charge in [-0.25, -0.2) is 13.4 Å². The van der Waals surface area contributed by atoms with Gasteiger partial charge in [-0.3, -0.25) is 9.52 Å². The predicted octanol–water partition coefficient (Wildman–Crippen LogP) is 4.14. The molecule has 2 N–H and O–H groups in total. The molecule has 27 heavy (non-hydrogen) atoms. The predicted molar refractivity (Wildman–Crippen MR) is 106 cm³/mol. The van der Waals surface area contributed by atoms with Crippen molar-refractivity contribution in [2.24, 2.45) is 0 Å². The van der Waals surface area contributed by atoms with Gasteiger partial charge in [0.2, 0.25) is 0 Å². The van der Waals surface area contributed by atoms with E-state index in [1.165, 1.54) is 13.1 Å². The average Bonchev–Trinajstić information content (AvgIpc) is 2.63. The van der Waals surface area contributed by atoms with Crippen LogP contribution in [0, 0.1) is 6.92 Å². The lowest BCUT2D eigenvalue weighted by molar-refractivity contribution is 0.101. The summed E-state index contributed by atoms with van der Waals surface area (Å²) in [5.41, 5.74) is 2.69. The smallest absolute Gasteiger partial charge is 0.263 e. The Morgan fingerprint density at radius 2 is 1.74 bits per heavy atom. The monoisotopic (exact) mass is 381 g/mol. The molecule has 2 aromatic carbocycles. The number of sulfonamides is 1. The first-order chi connectivity index (χ1) is 12.8. The zero-order chi connectivity index (χ0) is 19.4. The van der Waals surface area contributed by atoms with E-state index in [4.69, 9.17) is 0 Å². The lowest BCUT2D eigenvalue weighted by Crippen LogP contribution is -2.15. The number of hydrogen-bond acceptors (Lipinski definition) is 5. The van der Waals surface area contributed by atoms with Crippen LogP contribution in [-0.2, 0) is 10.0 Å². The number of ketones is 1. The molecule has 0 saturated heterocycles. The highest BCUT2D eigenvalue weighted by Crippen LogP contribution is 2.21. The molecular weight excluding hydrogens is 362 g/mol. The molecule has 7 heteroatoms. The number of nitrogens with zero attached hydrogens (tertiary/aromatic N) is 1. The summed E-state index contributed by atoms with van der Waals surface area (Å²) in [4.78, 5) is 15.8. The van der Waals surface area contributed by atoms with Crippen molar-refractivity contribution in [2.75, 3.05) is 10.0 Å². The Hall–Kier alpha value is -3.19. The Kier molecular flexibility index (Phi) is 5.23. The molecule has 0 aliphatic rings. The van der Waals surface area contributed by atoms with Gasteiger partial charge in [0, 0.05) is 11.3 Å². The molecule has 3 aromatic rings. The van der Waals surface area contributed by atoms with E-state index in [0.29, 0.717) is 16.8 Å². The van der Waals surface area contributed by atoms with Crippen LogP contribution >= 0.6 is 0 Å². The number of pyridine rings is 1. The van der Waals surface area contributed by atoms with Gasteiger partial charge in [-0.2, -0.15) is 0 Å². The van der Waals surface area contributed by atoms with E-state index in [0.717, 1.165) is 5.69 Å². The number of anilines is 3. The summed E-state index contributed by atoms with van der Waals surface area (Å²) in [5, 5.41) is 3.14. The number of aromatic nitrogens is 1. The number of nitrogens with one attached hydrogen (secondary N) is 2. The topological polar surface area (TPSA) is 88.2 Å². The van der Waals surface area contributed by atoms with Crippen molar-refractivity contribution in [1.82, 2.24) is 4.98 Å². The number of Topliss-reactive ketones (excluding diaryl/α,β-unsaturated/α-hetero) is 1. The number of carbonyl (C=O) groups is 1. The molecule has 0 saturated carbocycles. The Morgan fingerprint density at radius 3 is 2.41 bits per heavy atom. The fourth-order valence-corrected chi connectivity index (χ4v) is 3.82. The Morgan fingerprint density at radius 1 is 0.963 bits per heavy atom. The van der Waals surface area contributed by atoms with Gasteiger partial charge in [0.25, 0.3) is 10.0 Å². The van der Waals surface area contributed by atoms with Crippen LogP contribution in [0.5, 0.6) is 0 Å². The van der Waals surface area contributed by atoms with Crippen LogP contribution in [0.2, 0.25) is 0 Å². The molecule has 1 heterocycles. The Labute approximate surface area is 158 Å². The van der Waals surface area contributed by atoms with Crippen molar-refractivity contribution in [3.63, 3.8) is 0 Å². The second-order valence-corrected chi connectivity index (χ2v) is 7.72. The Balaban J connectivity index is 1.75. The van der Waals surface area contributed by atoms with E-state index in [1.807, 2.05) is 6.07 Å². The summed E-state index contributed by atoms with van der Waals surface area (Å²) >= 11 is 0. The minimum Gasteiger partial charge on any atom is -0.354 e. The van der Waals surface area contributed by atoms with Crippen LogP contribution in [0.4, 0.5) is 17.2 Å². The lowest BCUT2D eigenvalue weighted by Gasteiger charge is -2.11. The lowest BCUT2D eigenvalue weighted by atomic mass is 10.1. The van der Waals surface area contributed by atoms with Gasteiger partial charge < -0.3 is 5.32 Å². The first kappa shape index (κ1) is 18.6. The number of aryl methyl sites for hydroxylation is 1. The SMILES string of the molecule is CC(=O)c1cccc(Nc2ccc(NS(=O)(=O)c3ccccc3C)nc2)c1. The van der Waals surface area contributed by atoms with Crippen LogP contribution in [0.3, 0.4) is 0 Å². The maximum atomic E-state index is 12.5. The second kappa shape index (κ2) is 7.59. The van der Waals surface area contributed by atoms with Crippen LogP contribution < -0.4 is 10.0 Å². The molecule has 3 rings (SSSR count). The van der Waals surface area contributed by atoms with Crippen LogP contribution in [0.1, 0.15) is 22.8 Å². The van der Waals surface area contributed by atoms with E-state index < -0.39 is 10.0 Å². The van der Waals surface area contributed by atoms with Gasteiger partial charge in [0.15, 0.2) is 5.78 Å². The summed E-state index contributed by atoms with van der Waals surface area (Å²) in [5.74, 6) is 0.207. The van der Waals surface area contributed by atoms with Gasteiger partial charge in [0.1, 0.15) is 5.82 Å². The fourth-order valence-electron chi connectivity index (χ4n) is 2.56. The molecule has 1 aromatic heterocycles. The third kappa shape index (κ3) is 4.51. The molecule has 0 atom stereocenters. The highest BCUT2D eigenvalue weighted by molar-refractivity contribution is 7.92. The maximum Gasteiger partial charge on any atom is 0.263 e. The molecule has 0 unspecified atom stereocenters. The largest absolute Gasteiger partial charge is 0.354 e. The molecule has 0 aliphatic heterocycles. The third-order valence-electron chi connectivity index (χ3n) is 3.94. The van der Waals surface area contributed by atoms with Crippen molar-refractivity contribution in [3.05, 3.63) is 78.0 Å². The summed E-state index contributed by atoms with van der Waals surface area (Å²) in [6, 6.07) is 17.2. The molecule has 6 nitrogen and oxygen atoms in total. The maximum absolute atomic E-state index is 12.5. The van der Waals surface area contributed by atoms with Gasteiger partial charge in [0.05, 0.1) is 16.8 Å². The molecule has 0 fully saturated rings. The van der Waals surface area contributed by atoms with E-state index in [1.54, 1.807) is 61.5 Å². The van der Waals surface area contributed by atoms with Crippen molar-refractivity contribution >= 4 is 33.0 Å². The minimum absolute atomic E-state index is 0.0160. The van der Waals surface area contributed by atoms with E-state index in [-0.39, 0.29) is 16.5 Å². The third-order valence-corrected chi connectivity index (χ3v) is 5.46. The van der Waals surface area contributed by atoms with Crippen molar-refractivity contribution in [3.8, 4) is 0 Å². The van der Waals surface area contributed by atoms with Crippen LogP contribution in [0.25, 0.3) is 0 Å². The normalized spacial score (nSPS) is 11.0. The average molecular weight is 381 g/mol. The van der Waals surface area contributed by atoms with Crippen LogP contribution in [-0.4, -0.2) is 19.2 Å². The van der Waals surface area contributed by atoms with Gasteiger partial charge in [-0.1, -0.05) is 30.3 Å². The molecular formula is C20H19N3O3S. The summed E-state index contributed by atoms with van der Waals surface area (Å²) in [6.45, 7) is 3.25. The van der Waals surface area contributed by atoms with Gasteiger partial charge in [-0.05, 0) is 49.7 Å². The molecule has 0 aliphatic carbocycles. The second-order valence-electron chi connectivity index (χ2n) is 6.07. The van der Waals surface area contributed by atoms with Gasteiger partial charge in [-0.15, -0.1) is 0 Å². The molecule has 0 spiro atoms. The summed E-state index contributed by atoms with van der Waals surface area (Å²) in [6.07, 6.45) is 1.52. The van der Waals surface area contributed by atoms with Crippen LogP contribution in [0.15, 0.2) is 71.8 Å². The van der Waals surface area contributed by atoms with Crippen molar-refractivity contribution in [1.29, 1.82) is 0 Å². The zero-order valence-corrected chi connectivity index (χ0v) is 15.7. The molecule has 0 amide bonds. The van der Waals surface area contributed by atoms with E-state index in [2.05, 4.69) is 15.0 Å². The van der Waals surface area contributed by atoms with Gasteiger partial charge >= 0.3 is 0 Å². The fraction of sp³-hybridized carbons (Fsp3) is 0.100. The number of hydrogen-bond donors (Lipinski definition) is 2. The number of rotatable bonds is 6. The standard InChI is InChI=1S/C20H19N3O3S/c1-14-6-3-4-9-19(14)27(25,26)23-20-11-10-18(13-21-20)22-17-8-5-7-16(12-17)15(2)24/h3-13,22H,1-2H3,(H,21,23). The molecule has 0 radical (unpaired) electrons. The number of carbonyl (C=O) groups excluding carboxylic acids is 1. The Bertz CT molecular complexity index is 1080. The summed E-state index contributed by atoms with van der Waals surface area (Å²) in [7, 11) is -3.70. The number of benzene rings is 2. The van der Waals surface area contributed by atoms with E-state index in [9.17, 15) is 13.2 Å². The van der Waals surface area contributed by atoms with Crippen molar-refractivity contribution < 1.29 is 13.2 Å².